The van der Waals surface area contributed by atoms with E-state index in [1.807, 2.05) is 42.7 Å². The maximum Gasteiger partial charge on any atom is 0.119 e. The minimum Gasteiger partial charge on any atom is -0.493 e. The molecule has 0 atom stereocenters. The van der Waals surface area contributed by atoms with E-state index in [2.05, 4.69) is 33.8 Å². The Balaban J connectivity index is 1.58. The molecule has 0 saturated heterocycles. The van der Waals surface area contributed by atoms with Crippen LogP contribution in [0.1, 0.15) is 17.0 Å². The zero-order valence-corrected chi connectivity index (χ0v) is 13.1. The lowest BCUT2D eigenvalue weighted by atomic mass is 10.1. The molecule has 1 heterocycles. The Morgan fingerprint density at radius 1 is 0.957 bits per heavy atom. The Morgan fingerprint density at radius 3 is 2.43 bits per heavy atom. The summed E-state index contributed by atoms with van der Waals surface area (Å²) in [6.45, 7) is 2.01. The van der Waals surface area contributed by atoms with Crippen LogP contribution in [-0.2, 0) is 19.5 Å². The van der Waals surface area contributed by atoms with Crippen LogP contribution in [0.25, 0.3) is 0 Å². The third-order valence-electron chi connectivity index (χ3n) is 3.75. The lowest BCUT2D eigenvalue weighted by Crippen LogP contribution is -2.09. The largest absolute Gasteiger partial charge is 0.493 e. The molecule has 0 aliphatic heterocycles. The molecule has 23 heavy (non-hydrogen) atoms. The topological polar surface area (TPSA) is 53.1 Å². The van der Waals surface area contributed by atoms with Gasteiger partial charge in [0.25, 0.3) is 0 Å². The van der Waals surface area contributed by atoms with Crippen molar-refractivity contribution >= 4 is 0 Å². The highest BCUT2D eigenvalue weighted by molar-refractivity contribution is 5.23. The van der Waals surface area contributed by atoms with Crippen molar-refractivity contribution in [2.75, 3.05) is 6.61 Å². The molecule has 4 heteroatoms. The van der Waals surface area contributed by atoms with Crippen molar-refractivity contribution in [1.82, 2.24) is 9.55 Å². The molecule has 1 aromatic heterocycles. The van der Waals surface area contributed by atoms with Crippen LogP contribution in [0.15, 0.2) is 67.0 Å². The standard InChI is InChI=1S/C19H21N3O/c20-14-16-6-8-17(9-7-16)15-22-12-11-21-19(22)10-13-23-18-4-2-1-3-5-18/h1-9,11-12H,10,13-15,20H2. The van der Waals surface area contributed by atoms with E-state index in [-0.39, 0.29) is 0 Å². The zero-order valence-electron chi connectivity index (χ0n) is 13.1. The van der Waals surface area contributed by atoms with Crippen LogP contribution < -0.4 is 10.5 Å². The second kappa shape index (κ2) is 7.61. The number of hydrogen-bond donors (Lipinski definition) is 1. The quantitative estimate of drug-likeness (QED) is 0.730. The second-order valence-corrected chi connectivity index (χ2v) is 5.40. The summed E-state index contributed by atoms with van der Waals surface area (Å²) in [5, 5.41) is 0. The fourth-order valence-electron chi connectivity index (χ4n) is 2.47. The predicted molar refractivity (Wildman–Crippen MR) is 91.3 cm³/mol. The molecule has 4 nitrogen and oxygen atoms in total. The first-order valence-electron chi connectivity index (χ1n) is 7.81. The third-order valence-corrected chi connectivity index (χ3v) is 3.75. The Kier molecular flexibility index (Phi) is 5.06. The number of nitrogens with two attached hydrogens (primary N) is 1. The van der Waals surface area contributed by atoms with Gasteiger partial charge in [-0.25, -0.2) is 4.98 Å². The van der Waals surface area contributed by atoms with Crippen molar-refractivity contribution in [3.05, 3.63) is 83.9 Å². The van der Waals surface area contributed by atoms with Crippen molar-refractivity contribution in [1.29, 1.82) is 0 Å². The molecule has 0 fully saturated rings. The molecule has 0 saturated carbocycles. The highest BCUT2D eigenvalue weighted by Crippen LogP contribution is 2.11. The molecule has 0 aliphatic carbocycles. The normalized spacial score (nSPS) is 10.7. The zero-order chi connectivity index (χ0) is 15.9. The summed E-state index contributed by atoms with van der Waals surface area (Å²) in [6, 6.07) is 18.2. The van der Waals surface area contributed by atoms with Crippen molar-refractivity contribution in [2.24, 2.45) is 5.73 Å². The summed E-state index contributed by atoms with van der Waals surface area (Å²) in [5.41, 5.74) is 8.02. The Morgan fingerprint density at radius 2 is 1.70 bits per heavy atom. The van der Waals surface area contributed by atoms with Gasteiger partial charge < -0.3 is 15.0 Å². The van der Waals surface area contributed by atoms with Gasteiger partial charge in [-0.05, 0) is 23.3 Å². The third kappa shape index (κ3) is 4.20. The SMILES string of the molecule is NCc1ccc(Cn2ccnc2CCOc2ccccc2)cc1. The van der Waals surface area contributed by atoms with Gasteiger partial charge in [0.05, 0.1) is 6.61 Å². The smallest absolute Gasteiger partial charge is 0.119 e. The fourth-order valence-corrected chi connectivity index (χ4v) is 2.47. The number of ether oxygens (including phenoxy) is 1. The van der Waals surface area contributed by atoms with E-state index in [0.29, 0.717) is 13.2 Å². The average Bonchev–Trinajstić information content (AvgIpc) is 3.04. The fraction of sp³-hybridized carbons (Fsp3) is 0.211. The molecular weight excluding hydrogens is 286 g/mol. The molecule has 0 radical (unpaired) electrons. The summed E-state index contributed by atoms with van der Waals surface area (Å²) < 4.78 is 7.91. The maximum absolute atomic E-state index is 5.75. The van der Waals surface area contributed by atoms with E-state index in [1.165, 1.54) is 5.56 Å². The molecule has 0 aliphatic rings. The van der Waals surface area contributed by atoms with Crippen LogP contribution in [0.4, 0.5) is 0 Å². The summed E-state index contributed by atoms with van der Waals surface area (Å²) in [5.74, 6) is 1.92. The van der Waals surface area contributed by atoms with Crippen LogP contribution in [-0.4, -0.2) is 16.2 Å². The highest BCUT2D eigenvalue weighted by atomic mass is 16.5. The lowest BCUT2D eigenvalue weighted by molar-refractivity contribution is 0.317. The van der Waals surface area contributed by atoms with Gasteiger partial charge in [0, 0.05) is 31.9 Å². The van der Waals surface area contributed by atoms with Crippen LogP contribution in [0.2, 0.25) is 0 Å². The highest BCUT2D eigenvalue weighted by Gasteiger charge is 2.04. The molecule has 118 valence electrons. The van der Waals surface area contributed by atoms with Crippen LogP contribution in [0.5, 0.6) is 5.75 Å². The Labute approximate surface area is 136 Å². The number of aromatic nitrogens is 2. The summed E-state index contributed by atoms with van der Waals surface area (Å²) in [4.78, 5) is 4.44. The predicted octanol–water partition coefficient (Wildman–Crippen LogP) is 3.01. The molecule has 2 N–H and O–H groups in total. The average molecular weight is 307 g/mol. The molecule has 3 aromatic rings. The molecule has 0 bridgehead atoms. The monoisotopic (exact) mass is 307 g/mol. The molecule has 0 amide bonds. The first-order valence-corrected chi connectivity index (χ1v) is 7.81. The Hall–Kier alpha value is -2.59. The maximum atomic E-state index is 5.75. The van der Waals surface area contributed by atoms with Crippen LogP contribution in [0, 0.1) is 0 Å². The van der Waals surface area contributed by atoms with Gasteiger partial charge in [0.1, 0.15) is 11.6 Å². The van der Waals surface area contributed by atoms with Gasteiger partial charge in [-0.15, -0.1) is 0 Å². The molecule has 3 rings (SSSR count). The van der Waals surface area contributed by atoms with Gasteiger partial charge >= 0.3 is 0 Å². The van der Waals surface area contributed by atoms with Crippen molar-refractivity contribution in [3.63, 3.8) is 0 Å². The van der Waals surface area contributed by atoms with E-state index >= 15 is 0 Å². The van der Waals surface area contributed by atoms with Gasteiger partial charge in [-0.3, -0.25) is 0 Å². The lowest BCUT2D eigenvalue weighted by Gasteiger charge is -2.10. The molecular formula is C19H21N3O. The van der Waals surface area contributed by atoms with E-state index in [9.17, 15) is 0 Å². The van der Waals surface area contributed by atoms with Crippen molar-refractivity contribution in [3.8, 4) is 5.75 Å². The second-order valence-electron chi connectivity index (χ2n) is 5.40. The van der Waals surface area contributed by atoms with E-state index < -0.39 is 0 Å². The summed E-state index contributed by atoms with van der Waals surface area (Å²) in [6.07, 6.45) is 4.63. The van der Waals surface area contributed by atoms with E-state index in [1.54, 1.807) is 0 Å². The number of hydrogen-bond acceptors (Lipinski definition) is 3. The van der Waals surface area contributed by atoms with Crippen LogP contribution in [0.3, 0.4) is 0 Å². The van der Waals surface area contributed by atoms with Crippen molar-refractivity contribution < 1.29 is 4.74 Å². The molecule has 0 spiro atoms. The first-order chi connectivity index (χ1) is 11.3. The van der Waals surface area contributed by atoms with Gasteiger partial charge in [-0.2, -0.15) is 0 Å². The number of benzene rings is 2. The minimum atomic E-state index is 0.577. The summed E-state index contributed by atoms with van der Waals surface area (Å²) >= 11 is 0. The number of nitrogens with zero attached hydrogens (tertiary/aromatic N) is 2. The number of rotatable bonds is 7. The van der Waals surface area contributed by atoms with E-state index in [0.717, 1.165) is 30.1 Å². The first kappa shape index (κ1) is 15.3. The van der Waals surface area contributed by atoms with Gasteiger partial charge in [0.2, 0.25) is 0 Å². The molecule has 0 unspecified atom stereocenters. The number of para-hydroxylation sites is 1. The minimum absolute atomic E-state index is 0.577. The number of imidazole rings is 1. The van der Waals surface area contributed by atoms with Gasteiger partial charge in [-0.1, -0.05) is 42.5 Å². The Bertz CT molecular complexity index is 720. The van der Waals surface area contributed by atoms with Crippen LogP contribution >= 0.6 is 0 Å². The van der Waals surface area contributed by atoms with Gasteiger partial charge in [0.15, 0.2) is 0 Å². The van der Waals surface area contributed by atoms with Crippen molar-refractivity contribution in [2.45, 2.75) is 19.5 Å². The molecule has 2 aromatic carbocycles. The summed E-state index contributed by atoms with van der Waals surface area (Å²) in [7, 11) is 0. The van der Waals surface area contributed by atoms with E-state index in [4.69, 9.17) is 10.5 Å².